The summed E-state index contributed by atoms with van der Waals surface area (Å²) >= 11 is 13.3. The molecule has 194 valence electrons. The second-order valence-electron chi connectivity index (χ2n) is 8.26. The highest BCUT2D eigenvalue weighted by atomic mass is 35.5. The molecule has 9 nitrogen and oxygen atoms in total. The molecule has 0 bridgehead atoms. The smallest absolute Gasteiger partial charge is 0.295 e. The second-order valence-corrected chi connectivity index (χ2v) is 10.0. The van der Waals surface area contributed by atoms with E-state index in [4.69, 9.17) is 27.9 Å². The third-order valence-corrected chi connectivity index (χ3v) is 7.32. The van der Waals surface area contributed by atoms with Crippen LogP contribution in [0.3, 0.4) is 0 Å². The van der Waals surface area contributed by atoms with Gasteiger partial charge in [-0.25, -0.2) is 4.68 Å². The van der Waals surface area contributed by atoms with Crippen LogP contribution in [-0.4, -0.2) is 42.4 Å². The van der Waals surface area contributed by atoms with Gasteiger partial charge < -0.3 is 14.6 Å². The van der Waals surface area contributed by atoms with Crippen molar-refractivity contribution >= 4 is 46.6 Å². The number of ether oxygens (including phenoxy) is 1. The number of hydrogen-bond donors (Lipinski definition) is 1. The number of nitrogens with one attached hydrogen (secondary N) is 1. The van der Waals surface area contributed by atoms with Gasteiger partial charge in [0.25, 0.3) is 5.56 Å². The van der Waals surface area contributed by atoms with E-state index in [9.17, 15) is 9.59 Å². The summed E-state index contributed by atoms with van der Waals surface area (Å²) in [5, 5.41) is 12.8. The zero-order chi connectivity index (χ0) is 26.5. The molecule has 2 aromatic heterocycles. The number of carbonyl (C=O) groups excluding carboxylic acids is 1. The van der Waals surface area contributed by atoms with E-state index in [1.165, 1.54) is 16.4 Å². The van der Waals surface area contributed by atoms with Crippen molar-refractivity contribution in [3.05, 3.63) is 80.4 Å². The van der Waals surface area contributed by atoms with Crippen LogP contribution in [0.5, 0.6) is 5.75 Å². The summed E-state index contributed by atoms with van der Waals surface area (Å²) < 4.78 is 10.8. The molecule has 0 saturated heterocycles. The number of rotatable bonds is 10. The molecule has 1 amide bonds. The number of carbonyl (C=O) groups is 1. The van der Waals surface area contributed by atoms with Crippen LogP contribution < -0.4 is 15.6 Å². The molecule has 0 aliphatic heterocycles. The Hall–Kier alpha value is -3.21. The van der Waals surface area contributed by atoms with Crippen molar-refractivity contribution in [2.45, 2.75) is 24.9 Å². The molecule has 2 aromatic carbocycles. The summed E-state index contributed by atoms with van der Waals surface area (Å²) in [6, 6.07) is 14.4. The number of aryl methyl sites for hydroxylation is 1. The van der Waals surface area contributed by atoms with Crippen molar-refractivity contribution in [2.75, 3.05) is 17.7 Å². The van der Waals surface area contributed by atoms with E-state index >= 15 is 0 Å². The van der Waals surface area contributed by atoms with E-state index in [1.807, 2.05) is 41.9 Å². The van der Waals surface area contributed by atoms with Crippen LogP contribution in [0.25, 0.3) is 5.69 Å². The minimum Gasteiger partial charge on any atom is -0.492 e. The molecular formula is C25H26Cl2N6O3S. The molecule has 0 fully saturated rings. The average Bonchev–Trinajstić information content (AvgIpc) is 3.33. The third-order valence-electron chi connectivity index (χ3n) is 5.77. The second kappa shape index (κ2) is 11.9. The van der Waals surface area contributed by atoms with Crippen LogP contribution in [0.1, 0.15) is 17.9 Å². The van der Waals surface area contributed by atoms with Gasteiger partial charge in [-0.15, -0.1) is 10.2 Å². The Kier molecular flexibility index (Phi) is 8.63. The minimum atomic E-state index is -0.297. The lowest BCUT2D eigenvalue weighted by Crippen LogP contribution is -2.23. The first-order valence-corrected chi connectivity index (χ1v) is 13.2. The van der Waals surface area contributed by atoms with Gasteiger partial charge in [-0.05, 0) is 43.7 Å². The largest absolute Gasteiger partial charge is 0.492 e. The predicted octanol–water partition coefficient (Wildman–Crippen LogP) is 4.66. The van der Waals surface area contributed by atoms with Crippen molar-refractivity contribution in [3.8, 4) is 11.4 Å². The Morgan fingerprint density at radius 2 is 1.86 bits per heavy atom. The minimum absolute atomic E-state index is 0.0866. The van der Waals surface area contributed by atoms with Crippen LogP contribution in [0.4, 0.5) is 5.69 Å². The van der Waals surface area contributed by atoms with Crippen molar-refractivity contribution in [1.29, 1.82) is 0 Å². The van der Waals surface area contributed by atoms with Crippen LogP contribution >= 0.6 is 35.0 Å². The summed E-state index contributed by atoms with van der Waals surface area (Å²) in [6.45, 7) is 2.25. The fraction of sp³-hybridized carbons (Fsp3) is 0.280. The molecule has 0 unspecified atom stereocenters. The van der Waals surface area contributed by atoms with Crippen molar-refractivity contribution < 1.29 is 9.53 Å². The number of amides is 1. The maximum atomic E-state index is 13.0. The molecule has 1 N–H and O–H groups in total. The first-order valence-electron chi connectivity index (χ1n) is 11.5. The van der Waals surface area contributed by atoms with Gasteiger partial charge in [-0.2, -0.15) is 0 Å². The Labute approximate surface area is 228 Å². The number of halogens is 2. The molecule has 2 heterocycles. The summed E-state index contributed by atoms with van der Waals surface area (Å²) in [5.41, 5.74) is 1.36. The first kappa shape index (κ1) is 26.8. The maximum Gasteiger partial charge on any atom is 0.295 e. The van der Waals surface area contributed by atoms with Crippen molar-refractivity contribution in [2.24, 2.45) is 14.1 Å². The van der Waals surface area contributed by atoms with E-state index in [2.05, 4.69) is 15.5 Å². The fourth-order valence-electron chi connectivity index (χ4n) is 3.71. The maximum absolute atomic E-state index is 13.0. The monoisotopic (exact) mass is 560 g/mol. The number of anilines is 1. The fourth-order valence-corrected chi connectivity index (χ4v) is 4.90. The number of thioether (sulfide) groups is 1. The number of nitrogens with zero attached hydrogens (tertiary/aromatic N) is 5. The van der Waals surface area contributed by atoms with E-state index < -0.39 is 0 Å². The van der Waals surface area contributed by atoms with Crippen LogP contribution in [0.2, 0.25) is 10.0 Å². The highest BCUT2D eigenvalue weighted by molar-refractivity contribution is 7.99. The van der Waals surface area contributed by atoms with Gasteiger partial charge in [-0.3, -0.25) is 14.3 Å². The Bertz CT molecular complexity index is 1470. The standard InChI is InChI=1S/C25H26Cl2N6O3S/c1-16-23(24(35)33(32(16)3)18-8-5-4-6-9-18)28-22(34)15-37-25-30-29-21(31(25)2)10-7-13-36-20-12-11-17(26)14-19(20)27/h4-6,8-9,11-12,14H,7,10,13,15H2,1-3H3,(H,28,34). The third kappa shape index (κ3) is 6.20. The van der Waals surface area contributed by atoms with Crippen LogP contribution in [0.15, 0.2) is 58.5 Å². The van der Waals surface area contributed by atoms with Gasteiger partial charge in [0.1, 0.15) is 17.3 Å². The summed E-state index contributed by atoms with van der Waals surface area (Å²) in [6.07, 6.45) is 1.35. The molecule has 0 aliphatic carbocycles. The van der Waals surface area contributed by atoms with Gasteiger partial charge in [0.2, 0.25) is 5.91 Å². The van der Waals surface area contributed by atoms with E-state index in [0.717, 1.165) is 11.5 Å². The average molecular weight is 561 g/mol. The number of aromatic nitrogens is 5. The number of para-hydroxylation sites is 1. The van der Waals surface area contributed by atoms with Gasteiger partial charge in [0.15, 0.2) is 5.16 Å². The lowest BCUT2D eigenvalue weighted by molar-refractivity contribution is -0.113. The van der Waals surface area contributed by atoms with Crippen LogP contribution in [-0.2, 0) is 25.3 Å². The van der Waals surface area contributed by atoms with Crippen molar-refractivity contribution in [3.63, 3.8) is 0 Å². The molecular weight excluding hydrogens is 535 g/mol. The zero-order valence-electron chi connectivity index (χ0n) is 20.6. The van der Waals surface area contributed by atoms with Gasteiger partial charge >= 0.3 is 0 Å². The van der Waals surface area contributed by atoms with Gasteiger partial charge in [-0.1, -0.05) is 53.2 Å². The Morgan fingerprint density at radius 1 is 1.11 bits per heavy atom. The van der Waals surface area contributed by atoms with E-state index in [-0.39, 0.29) is 22.9 Å². The lowest BCUT2D eigenvalue weighted by atomic mass is 10.3. The van der Waals surface area contributed by atoms with Crippen LogP contribution in [0, 0.1) is 6.92 Å². The number of hydrogen-bond acceptors (Lipinski definition) is 6. The molecule has 0 atom stereocenters. The molecule has 12 heteroatoms. The summed E-state index contributed by atoms with van der Waals surface area (Å²) in [5.74, 6) is 1.14. The van der Waals surface area contributed by atoms with Crippen molar-refractivity contribution in [1.82, 2.24) is 24.1 Å². The molecule has 0 saturated carbocycles. The highest BCUT2D eigenvalue weighted by Gasteiger charge is 2.19. The van der Waals surface area contributed by atoms with Gasteiger partial charge in [0.05, 0.1) is 28.8 Å². The topological polar surface area (TPSA) is 96.0 Å². The molecule has 37 heavy (non-hydrogen) atoms. The molecule has 4 rings (SSSR count). The lowest BCUT2D eigenvalue weighted by Gasteiger charge is -2.08. The quantitative estimate of drug-likeness (QED) is 0.224. The number of benzene rings is 2. The normalized spacial score (nSPS) is 11.1. The molecule has 0 spiro atoms. The summed E-state index contributed by atoms with van der Waals surface area (Å²) in [7, 11) is 3.64. The van der Waals surface area contributed by atoms with E-state index in [0.29, 0.717) is 46.1 Å². The summed E-state index contributed by atoms with van der Waals surface area (Å²) in [4.78, 5) is 25.7. The zero-order valence-corrected chi connectivity index (χ0v) is 22.9. The molecule has 0 radical (unpaired) electrons. The molecule has 4 aromatic rings. The predicted molar refractivity (Wildman–Crippen MR) is 146 cm³/mol. The first-order chi connectivity index (χ1) is 17.8. The SMILES string of the molecule is Cc1c(NC(=O)CSc2nnc(CCCOc3ccc(Cl)cc3Cl)n2C)c(=O)n(-c2ccccc2)n1C. The highest BCUT2D eigenvalue weighted by Crippen LogP contribution is 2.27. The Morgan fingerprint density at radius 3 is 2.59 bits per heavy atom. The molecule has 0 aliphatic rings. The van der Waals surface area contributed by atoms with Gasteiger partial charge in [0, 0.05) is 25.5 Å². The van der Waals surface area contributed by atoms with E-state index in [1.54, 1.807) is 36.9 Å². The Balaban J connectivity index is 1.31.